The zero-order valence-electron chi connectivity index (χ0n) is 9.75. The van der Waals surface area contributed by atoms with Crippen molar-refractivity contribution in [1.29, 1.82) is 0 Å². The van der Waals surface area contributed by atoms with Crippen LogP contribution in [0.5, 0.6) is 0 Å². The second-order valence-corrected chi connectivity index (χ2v) is 4.60. The largest absolute Gasteiger partial charge is 0.323 e. The van der Waals surface area contributed by atoms with Gasteiger partial charge >= 0.3 is 0 Å². The standard InChI is InChI=1S/C12H17ClN2O/c1-7(2)10(14)12(16)15-11-8(3)5-4-6-9(11)13/h4-7,10H,14H2,1-3H3,(H,15,16). The molecule has 0 aliphatic heterocycles. The molecule has 0 saturated carbocycles. The fourth-order valence-corrected chi connectivity index (χ4v) is 1.57. The van der Waals surface area contributed by atoms with Crippen molar-refractivity contribution >= 4 is 23.2 Å². The van der Waals surface area contributed by atoms with Crippen LogP contribution in [-0.2, 0) is 4.79 Å². The van der Waals surface area contributed by atoms with Gasteiger partial charge in [0.05, 0.1) is 16.8 Å². The molecule has 1 unspecified atom stereocenters. The average Bonchev–Trinajstić information content (AvgIpc) is 2.22. The summed E-state index contributed by atoms with van der Waals surface area (Å²) in [6.45, 7) is 5.70. The molecule has 0 aromatic heterocycles. The molecule has 1 aromatic rings. The number of nitrogens with one attached hydrogen (secondary N) is 1. The van der Waals surface area contributed by atoms with Gasteiger partial charge < -0.3 is 11.1 Å². The Morgan fingerprint density at radius 2 is 2.06 bits per heavy atom. The number of anilines is 1. The van der Waals surface area contributed by atoms with E-state index < -0.39 is 6.04 Å². The summed E-state index contributed by atoms with van der Waals surface area (Å²) in [6, 6.07) is 4.96. The van der Waals surface area contributed by atoms with Crippen molar-refractivity contribution in [3.63, 3.8) is 0 Å². The first-order chi connectivity index (χ1) is 7.43. The summed E-state index contributed by atoms with van der Waals surface area (Å²) < 4.78 is 0. The van der Waals surface area contributed by atoms with E-state index in [0.717, 1.165) is 5.56 Å². The van der Waals surface area contributed by atoms with Gasteiger partial charge in [0.2, 0.25) is 5.91 Å². The average molecular weight is 241 g/mol. The van der Waals surface area contributed by atoms with Crippen molar-refractivity contribution in [3.8, 4) is 0 Å². The van der Waals surface area contributed by atoms with Crippen molar-refractivity contribution in [2.45, 2.75) is 26.8 Å². The summed E-state index contributed by atoms with van der Waals surface area (Å²) >= 11 is 6.00. The lowest BCUT2D eigenvalue weighted by atomic mass is 10.0. The topological polar surface area (TPSA) is 55.1 Å². The maximum atomic E-state index is 11.8. The number of aryl methyl sites for hydroxylation is 1. The second-order valence-electron chi connectivity index (χ2n) is 4.19. The van der Waals surface area contributed by atoms with Gasteiger partial charge in [-0.3, -0.25) is 4.79 Å². The van der Waals surface area contributed by atoms with Crippen molar-refractivity contribution in [2.75, 3.05) is 5.32 Å². The molecular formula is C12H17ClN2O. The van der Waals surface area contributed by atoms with Gasteiger partial charge in [-0.15, -0.1) is 0 Å². The molecule has 0 saturated heterocycles. The van der Waals surface area contributed by atoms with Crippen LogP contribution in [0.15, 0.2) is 18.2 Å². The number of hydrogen-bond donors (Lipinski definition) is 2. The molecule has 3 N–H and O–H groups in total. The molecule has 0 spiro atoms. The number of nitrogens with two attached hydrogens (primary N) is 1. The van der Waals surface area contributed by atoms with Crippen LogP contribution >= 0.6 is 11.6 Å². The van der Waals surface area contributed by atoms with Crippen LogP contribution in [0.4, 0.5) is 5.69 Å². The number of carbonyl (C=O) groups is 1. The molecule has 1 atom stereocenters. The Bertz CT molecular complexity index is 370. The summed E-state index contributed by atoms with van der Waals surface area (Å²) in [5.74, 6) is -0.103. The van der Waals surface area contributed by atoms with E-state index in [1.165, 1.54) is 0 Å². The lowest BCUT2D eigenvalue weighted by molar-refractivity contribution is -0.118. The highest BCUT2D eigenvalue weighted by Crippen LogP contribution is 2.25. The Morgan fingerprint density at radius 3 is 2.56 bits per heavy atom. The monoisotopic (exact) mass is 240 g/mol. The van der Waals surface area contributed by atoms with E-state index in [-0.39, 0.29) is 11.8 Å². The van der Waals surface area contributed by atoms with E-state index >= 15 is 0 Å². The van der Waals surface area contributed by atoms with Crippen LogP contribution in [0.3, 0.4) is 0 Å². The number of halogens is 1. The van der Waals surface area contributed by atoms with E-state index in [1.54, 1.807) is 6.07 Å². The predicted molar refractivity (Wildman–Crippen MR) is 67.6 cm³/mol. The van der Waals surface area contributed by atoms with Crippen LogP contribution in [-0.4, -0.2) is 11.9 Å². The molecular weight excluding hydrogens is 224 g/mol. The van der Waals surface area contributed by atoms with Gasteiger partial charge in [-0.25, -0.2) is 0 Å². The molecule has 0 heterocycles. The molecule has 1 amide bonds. The summed E-state index contributed by atoms with van der Waals surface area (Å²) in [5, 5.41) is 3.30. The normalized spacial score (nSPS) is 12.6. The van der Waals surface area contributed by atoms with Gasteiger partial charge in [0, 0.05) is 0 Å². The number of para-hydroxylation sites is 1. The molecule has 16 heavy (non-hydrogen) atoms. The summed E-state index contributed by atoms with van der Waals surface area (Å²) in [5.41, 5.74) is 7.32. The third kappa shape index (κ3) is 2.97. The highest BCUT2D eigenvalue weighted by atomic mass is 35.5. The van der Waals surface area contributed by atoms with E-state index in [1.807, 2.05) is 32.9 Å². The Morgan fingerprint density at radius 1 is 1.44 bits per heavy atom. The van der Waals surface area contributed by atoms with Crippen LogP contribution in [0, 0.1) is 12.8 Å². The van der Waals surface area contributed by atoms with Crippen molar-refractivity contribution in [3.05, 3.63) is 28.8 Å². The van der Waals surface area contributed by atoms with Gasteiger partial charge in [0.15, 0.2) is 0 Å². The predicted octanol–water partition coefficient (Wildman–Crippen LogP) is 2.57. The quantitative estimate of drug-likeness (QED) is 0.853. The van der Waals surface area contributed by atoms with Gasteiger partial charge in [-0.2, -0.15) is 0 Å². The number of carbonyl (C=O) groups excluding carboxylic acids is 1. The van der Waals surface area contributed by atoms with Gasteiger partial charge in [0.25, 0.3) is 0 Å². The lowest BCUT2D eigenvalue weighted by Crippen LogP contribution is -2.39. The summed E-state index contributed by atoms with van der Waals surface area (Å²) in [4.78, 5) is 11.8. The minimum atomic E-state index is -0.518. The Balaban J connectivity index is 2.85. The van der Waals surface area contributed by atoms with Crippen molar-refractivity contribution < 1.29 is 4.79 Å². The van der Waals surface area contributed by atoms with Crippen LogP contribution in [0.1, 0.15) is 19.4 Å². The Hall–Kier alpha value is -1.06. The first kappa shape index (κ1) is 13.0. The molecule has 1 rings (SSSR count). The molecule has 3 nitrogen and oxygen atoms in total. The highest BCUT2D eigenvalue weighted by Gasteiger charge is 2.18. The van der Waals surface area contributed by atoms with E-state index in [9.17, 15) is 4.79 Å². The maximum Gasteiger partial charge on any atom is 0.241 e. The lowest BCUT2D eigenvalue weighted by Gasteiger charge is -2.17. The Labute approximate surface area is 101 Å². The fourth-order valence-electron chi connectivity index (χ4n) is 1.30. The molecule has 1 aromatic carbocycles. The molecule has 0 radical (unpaired) electrons. The zero-order valence-corrected chi connectivity index (χ0v) is 10.5. The van der Waals surface area contributed by atoms with Crippen LogP contribution < -0.4 is 11.1 Å². The number of hydrogen-bond acceptors (Lipinski definition) is 2. The maximum absolute atomic E-state index is 11.8. The first-order valence-corrected chi connectivity index (χ1v) is 5.63. The molecule has 88 valence electrons. The second kappa shape index (κ2) is 5.32. The zero-order chi connectivity index (χ0) is 12.3. The molecule has 0 aliphatic carbocycles. The van der Waals surface area contributed by atoms with Crippen molar-refractivity contribution in [2.24, 2.45) is 11.7 Å². The number of benzene rings is 1. The van der Waals surface area contributed by atoms with E-state index in [2.05, 4.69) is 5.32 Å². The molecule has 0 aliphatic rings. The third-order valence-electron chi connectivity index (χ3n) is 2.49. The minimum absolute atomic E-state index is 0.0998. The summed E-state index contributed by atoms with van der Waals surface area (Å²) in [7, 11) is 0. The number of amides is 1. The number of rotatable bonds is 3. The molecule has 0 fully saturated rings. The van der Waals surface area contributed by atoms with Gasteiger partial charge in [-0.05, 0) is 24.5 Å². The third-order valence-corrected chi connectivity index (χ3v) is 2.81. The molecule has 0 bridgehead atoms. The highest BCUT2D eigenvalue weighted by molar-refractivity contribution is 6.34. The smallest absolute Gasteiger partial charge is 0.241 e. The van der Waals surface area contributed by atoms with Crippen LogP contribution in [0.2, 0.25) is 5.02 Å². The fraction of sp³-hybridized carbons (Fsp3) is 0.417. The Kier molecular flexibility index (Phi) is 4.33. The summed E-state index contributed by atoms with van der Waals surface area (Å²) in [6.07, 6.45) is 0. The van der Waals surface area contributed by atoms with Crippen molar-refractivity contribution in [1.82, 2.24) is 0 Å². The first-order valence-electron chi connectivity index (χ1n) is 5.25. The SMILES string of the molecule is Cc1cccc(Cl)c1NC(=O)C(N)C(C)C. The molecule has 4 heteroatoms. The minimum Gasteiger partial charge on any atom is -0.323 e. The van der Waals surface area contributed by atoms with E-state index in [0.29, 0.717) is 10.7 Å². The van der Waals surface area contributed by atoms with Crippen LogP contribution in [0.25, 0.3) is 0 Å². The van der Waals surface area contributed by atoms with Gasteiger partial charge in [0.1, 0.15) is 0 Å². The van der Waals surface area contributed by atoms with Gasteiger partial charge in [-0.1, -0.05) is 37.6 Å². The van der Waals surface area contributed by atoms with E-state index in [4.69, 9.17) is 17.3 Å².